The number of nitrogens with zero attached hydrogens (tertiary/aromatic N) is 2. The van der Waals surface area contributed by atoms with Gasteiger partial charge in [0.2, 0.25) is 0 Å². The number of rotatable bonds is 1. The number of nitrogens with two attached hydrogens (primary N) is 1. The van der Waals surface area contributed by atoms with Gasteiger partial charge in [0.05, 0.1) is 5.52 Å². The Morgan fingerprint density at radius 2 is 1.52 bits per heavy atom. The molecule has 4 rings (SSSR count). The van der Waals surface area contributed by atoms with Gasteiger partial charge in [-0.2, -0.15) is 0 Å². The van der Waals surface area contributed by atoms with Crippen LogP contribution in [-0.2, 0) is 0 Å². The second-order valence-electron chi connectivity index (χ2n) is 5.12. The lowest BCUT2D eigenvalue weighted by molar-refractivity contribution is 1.24. The molecule has 0 unspecified atom stereocenters. The third-order valence-electron chi connectivity index (χ3n) is 3.72. The number of fused-ring (bicyclic) bond motifs is 3. The molecule has 0 amide bonds. The van der Waals surface area contributed by atoms with Gasteiger partial charge in [0.1, 0.15) is 5.82 Å². The van der Waals surface area contributed by atoms with Crippen LogP contribution in [0.15, 0.2) is 60.7 Å². The van der Waals surface area contributed by atoms with Crippen LogP contribution in [0.4, 0.5) is 5.82 Å². The third kappa shape index (κ3) is 2.84. The Balaban J connectivity index is 0.00000156. The van der Waals surface area contributed by atoms with E-state index >= 15 is 0 Å². The normalized spacial score (nSPS) is 10.7. The molecule has 0 spiro atoms. The van der Waals surface area contributed by atoms with E-state index in [1.165, 1.54) is 3.57 Å². The van der Waals surface area contributed by atoms with E-state index in [2.05, 4.69) is 45.8 Å². The van der Waals surface area contributed by atoms with Gasteiger partial charge in [0.15, 0.2) is 5.82 Å². The summed E-state index contributed by atoms with van der Waals surface area (Å²) in [5, 5.41) is 3.15. The smallest absolute Gasteiger partial charge is 0.162 e. The number of anilines is 1. The predicted molar refractivity (Wildman–Crippen MR) is 107 cm³/mol. The molecular formula is C18H13ClIN3. The van der Waals surface area contributed by atoms with Crippen LogP contribution in [0.5, 0.6) is 0 Å². The highest BCUT2D eigenvalue weighted by atomic mass is 127. The standard InChI is InChI=1S/C18H12IN3.ClH/c19-13-8-5-12(6-9-13)18-21-16-14-4-2-1-3-11(14)7-10-15(16)17(20)22-18;/h1-10H,(H2,20,21,22);1H. The molecule has 0 saturated carbocycles. The maximum Gasteiger partial charge on any atom is 0.162 e. The first kappa shape index (κ1) is 16.0. The van der Waals surface area contributed by atoms with Crippen LogP contribution >= 0.6 is 35.0 Å². The van der Waals surface area contributed by atoms with Crippen molar-refractivity contribution in [3.8, 4) is 11.4 Å². The number of nitrogen functional groups attached to an aromatic ring is 1. The van der Waals surface area contributed by atoms with Crippen LogP contribution in [-0.4, -0.2) is 9.97 Å². The van der Waals surface area contributed by atoms with Gasteiger partial charge in [-0.05, 0) is 46.2 Å². The molecule has 4 aromatic rings. The van der Waals surface area contributed by atoms with Crippen molar-refractivity contribution in [3.63, 3.8) is 0 Å². The fraction of sp³-hybridized carbons (Fsp3) is 0. The van der Waals surface area contributed by atoms with Crippen LogP contribution in [0.2, 0.25) is 0 Å². The highest BCUT2D eigenvalue weighted by Crippen LogP contribution is 2.29. The first-order chi connectivity index (χ1) is 10.7. The SMILES string of the molecule is Cl.Nc1nc(-c2ccc(I)cc2)nc2c1ccc1ccccc12. The molecule has 0 saturated heterocycles. The largest absolute Gasteiger partial charge is 0.383 e. The summed E-state index contributed by atoms with van der Waals surface area (Å²) in [5.41, 5.74) is 8.04. The zero-order chi connectivity index (χ0) is 15.1. The van der Waals surface area contributed by atoms with Crippen LogP contribution < -0.4 is 5.73 Å². The second kappa shape index (κ2) is 6.29. The Kier molecular flexibility index (Phi) is 4.37. The zero-order valence-corrected chi connectivity index (χ0v) is 15.0. The predicted octanol–water partition coefficient (Wildman–Crippen LogP) is 5.06. The quantitative estimate of drug-likeness (QED) is 0.337. The Morgan fingerprint density at radius 1 is 0.783 bits per heavy atom. The Morgan fingerprint density at radius 3 is 2.30 bits per heavy atom. The van der Waals surface area contributed by atoms with Crippen LogP contribution in [0.25, 0.3) is 33.1 Å². The van der Waals surface area contributed by atoms with E-state index in [1.54, 1.807) is 0 Å². The van der Waals surface area contributed by atoms with E-state index in [1.807, 2.05) is 42.5 Å². The molecule has 0 aliphatic heterocycles. The molecule has 2 N–H and O–H groups in total. The number of hydrogen-bond acceptors (Lipinski definition) is 3. The summed E-state index contributed by atoms with van der Waals surface area (Å²) >= 11 is 2.28. The van der Waals surface area contributed by atoms with Gasteiger partial charge in [0.25, 0.3) is 0 Å². The van der Waals surface area contributed by atoms with Gasteiger partial charge in [-0.15, -0.1) is 12.4 Å². The molecule has 0 atom stereocenters. The molecule has 23 heavy (non-hydrogen) atoms. The molecule has 0 radical (unpaired) electrons. The monoisotopic (exact) mass is 433 g/mol. The molecule has 5 heteroatoms. The molecule has 0 aliphatic rings. The van der Waals surface area contributed by atoms with E-state index in [0.29, 0.717) is 11.6 Å². The highest BCUT2D eigenvalue weighted by molar-refractivity contribution is 14.1. The van der Waals surface area contributed by atoms with E-state index in [9.17, 15) is 0 Å². The van der Waals surface area contributed by atoms with Crippen LogP contribution in [0, 0.1) is 3.57 Å². The molecule has 114 valence electrons. The summed E-state index contributed by atoms with van der Waals surface area (Å²) in [6, 6.07) is 20.4. The molecule has 0 bridgehead atoms. The summed E-state index contributed by atoms with van der Waals surface area (Å²) in [6.07, 6.45) is 0. The van der Waals surface area contributed by atoms with Gasteiger partial charge in [0, 0.05) is 19.9 Å². The van der Waals surface area contributed by atoms with Gasteiger partial charge in [-0.3, -0.25) is 0 Å². The fourth-order valence-corrected chi connectivity index (χ4v) is 2.98. The summed E-state index contributed by atoms with van der Waals surface area (Å²) in [5.74, 6) is 1.18. The van der Waals surface area contributed by atoms with Crippen molar-refractivity contribution >= 4 is 62.5 Å². The lowest BCUT2D eigenvalue weighted by atomic mass is 10.1. The second-order valence-corrected chi connectivity index (χ2v) is 6.37. The molecule has 3 nitrogen and oxygen atoms in total. The average molecular weight is 434 g/mol. The van der Waals surface area contributed by atoms with Gasteiger partial charge in [-0.25, -0.2) is 9.97 Å². The molecule has 0 aliphatic carbocycles. The van der Waals surface area contributed by atoms with E-state index in [0.717, 1.165) is 27.2 Å². The van der Waals surface area contributed by atoms with Crippen molar-refractivity contribution in [2.45, 2.75) is 0 Å². The molecule has 1 heterocycles. The fourth-order valence-electron chi connectivity index (χ4n) is 2.62. The third-order valence-corrected chi connectivity index (χ3v) is 4.44. The zero-order valence-electron chi connectivity index (χ0n) is 12.0. The van der Waals surface area contributed by atoms with Crippen molar-refractivity contribution in [1.82, 2.24) is 9.97 Å². The van der Waals surface area contributed by atoms with E-state index in [4.69, 9.17) is 10.7 Å². The number of hydrogen-bond donors (Lipinski definition) is 1. The van der Waals surface area contributed by atoms with Crippen molar-refractivity contribution < 1.29 is 0 Å². The van der Waals surface area contributed by atoms with Gasteiger partial charge in [-0.1, -0.05) is 42.5 Å². The Labute approximate surface area is 153 Å². The van der Waals surface area contributed by atoms with E-state index < -0.39 is 0 Å². The minimum absolute atomic E-state index is 0. The molecule has 3 aromatic carbocycles. The Bertz CT molecular complexity index is 1000. The molecule has 1 aromatic heterocycles. The minimum atomic E-state index is 0. The van der Waals surface area contributed by atoms with Crippen molar-refractivity contribution in [3.05, 3.63) is 64.2 Å². The number of halogens is 2. The minimum Gasteiger partial charge on any atom is -0.383 e. The summed E-state index contributed by atoms with van der Waals surface area (Å²) in [4.78, 5) is 9.24. The number of benzene rings is 3. The Hall–Kier alpha value is -1.92. The van der Waals surface area contributed by atoms with Crippen LogP contribution in [0.1, 0.15) is 0 Å². The lowest BCUT2D eigenvalue weighted by Gasteiger charge is -2.08. The molecule has 0 fully saturated rings. The summed E-state index contributed by atoms with van der Waals surface area (Å²) in [6.45, 7) is 0. The lowest BCUT2D eigenvalue weighted by Crippen LogP contribution is -1.98. The topological polar surface area (TPSA) is 51.8 Å². The van der Waals surface area contributed by atoms with Crippen molar-refractivity contribution in [1.29, 1.82) is 0 Å². The summed E-state index contributed by atoms with van der Waals surface area (Å²) in [7, 11) is 0. The highest BCUT2D eigenvalue weighted by Gasteiger charge is 2.10. The maximum atomic E-state index is 6.16. The van der Waals surface area contributed by atoms with Gasteiger partial charge < -0.3 is 5.73 Å². The first-order valence-electron chi connectivity index (χ1n) is 6.93. The van der Waals surface area contributed by atoms with Crippen molar-refractivity contribution in [2.75, 3.05) is 5.73 Å². The van der Waals surface area contributed by atoms with Gasteiger partial charge >= 0.3 is 0 Å². The molecular weight excluding hydrogens is 421 g/mol. The first-order valence-corrected chi connectivity index (χ1v) is 8.01. The van der Waals surface area contributed by atoms with Crippen LogP contribution in [0.3, 0.4) is 0 Å². The average Bonchev–Trinajstić information content (AvgIpc) is 2.55. The van der Waals surface area contributed by atoms with Crippen molar-refractivity contribution in [2.24, 2.45) is 0 Å². The van der Waals surface area contributed by atoms with E-state index in [-0.39, 0.29) is 12.4 Å². The number of aromatic nitrogens is 2. The maximum absolute atomic E-state index is 6.16. The summed E-state index contributed by atoms with van der Waals surface area (Å²) < 4.78 is 1.18.